The Hall–Kier alpha value is -2.94. The van der Waals surface area contributed by atoms with Crippen LogP contribution in [0.15, 0.2) is 24.5 Å². The molecule has 2 aromatic heterocycles. The molecule has 0 saturated carbocycles. The standard InChI is InChI=1S/C13H12ClN5O4/c1-7(20)18-10-5-8(3-4-16-10)23-9-6-17-13(19(21)22)12(15-2)11(9)14/h3-6,15H,1-2H3,(H,16,18,20). The second-order valence-electron chi connectivity index (χ2n) is 4.30. The van der Waals surface area contributed by atoms with Gasteiger partial charge in [-0.15, -0.1) is 0 Å². The van der Waals surface area contributed by atoms with Gasteiger partial charge >= 0.3 is 5.82 Å². The summed E-state index contributed by atoms with van der Waals surface area (Å²) < 4.78 is 5.56. The van der Waals surface area contributed by atoms with Gasteiger partial charge in [0, 0.05) is 26.2 Å². The lowest BCUT2D eigenvalue weighted by molar-refractivity contribution is -0.388. The lowest BCUT2D eigenvalue weighted by Gasteiger charge is -2.10. The van der Waals surface area contributed by atoms with Crippen molar-refractivity contribution in [2.75, 3.05) is 17.7 Å². The Morgan fingerprint density at radius 1 is 1.43 bits per heavy atom. The Bertz CT molecular complexity index is 768. The molecule has 0 fully saturated rings. The van der Waals surface area contributed by atoms with Crippen molar-refractivity contribution in [2.24, 2.45) is 0 Å². The van der Waals surface area contributed by atoms with E-state index in [0.717, 1.165) is 6.20 Å². The second kappa shape index (κ2) is 6.88. The topological polar surface area (TPSA) is 119 Å². The molecule has 2 aromatic rings. The monoisotopic (exact) mass is 337 g/mol. The third-order valence-electron chi connectivity index (χ3n) is 2.65. The van der Waals surface area contributed by atoms with Crippen LogP contribution in [0.1, 0.15) is 6.92 Å². The molecule has 23 heavy (non-hydrogen) atoms. The number of nitro groups is 1. The zero-order valence-electron chi connectivity index (χ0n) is 12.2. The minimum Gasteiger partial charge on any atom is -0.452 e. The summed E-state index contributed by atoms with van der Waals surface area (Å²) in [4.78, 5) is 29.0. The highest BCUT2D eigenvalue weighted by Crippen LogP contribution is 2.39. The van der Waals surface area contributed by atoms with Gasteiger partial charge in [0.2, 0.25) is 5.91 Å². The van der Waals surface area contributed by atoms with Crippen LogP contribution in [-0.2, 0) is 4.79 Å². The molecular formula is C13H12ClN5O4. The number of nitrogens with zero attached hydrogens (tertiary/aromatic N) is 3. The Labute approximate surface area is 135 Å². The SMILES string of the molecule is CNc1c([N+](=O)[O-])ncc(Oc2ccnc(NC(C)=O)c2)c1Cl. The second-order valence-corrected chi connectivity index (χ2v) is 4.68. The first kappa shape index (κ1) is 16.4. The largest absolute Gasteiger partial charge is 0.452 e. The molecule has 2 heterocycles. The Kier molecular flexibility index (Phi) is 4.91. The number of aromatic nitrogens is 2. The van der Waals surface area contributed by atoms with Gasteiger partial charge in [0.15, 0.2) is 17.6 Å². The van der Waals surface area contributed by atoms with E-state index in [1.165, 1.54) is 26.2 Å². The van der Waals surface area contributed by atoms with Gasteiger partial charge in [0.1, 0.15) is 16.6 Å². The van der Waals surface area contributed by atoms with Gasteiger partial charge in [-0.3, -0.25) is 4.79 Å². The molecule has 0 spiro atoms. The maximum absolute atomic E-state index is 11.0. The quantitative estimate of drug-likeness (QED) is 0.635. The summed E-state index contributed by atoms with van der Waals surface area (Å²) in [5.74, 6) is 0.0837. The van der Waals surface area contributed by atoms with Crippen LogP contribution in [0.5, 0.6) is 11.5 Å². The third kappa shape index (κ3) is 3.83. The van der Waals surface area contributed by atoms with E-state index in [2.05, 4.69) is 20.6 Å². The van der Waals surface area contributed by atoms with E-state index in [0.29, 0.717) is 11.6 Å². The lowest BCUT2D eigenvalue weighted by Crippen LogP contribution is -2.07. The number of carbonyl (C=O) groups is 1. The molecule has 0 bridgehead atoms. The molecule has 9 nitrogen and oxygen atoms in total. The van der Waals surface area contributed by atoms with Crippen molar-refractivity contribution >= 4 is 34.8 Å². The van der Waals surface area contributed by atoms with E-state index in [-0.39, 0.29) is 22.4 Å². The molecule has 0 atom stereocenters. The average Bonchev–Trinajstić information content (AvgIpc) is 2.48. The van der Waals surface area contributed by atoms with Crippen molar-refractivity contribution in [1.29, 1.82) is 0 Å². The molecule has 0 aliphatic carbocycles. The number of hydrogen-bond donors (Lipinski definition) is 2. The molecule has 120 valence electrons. The van der Waals surface area contributed by atoms with Gasteiger partial charge in [0.25, 0.3) is 0 Å². The van der Waals surface area contributed by atoms with E-state index in [1.54, 1.807) is 6.07 Å². The zero-order valence-corrected chi connectivity index (χ0v) is 12.9. The van der Waals surface area contributed by atoms with Crippen LogP contribution in [0.2, 0.25) is 5.02 Å². The number of anilines is 2. The van der Waals surface area contributed by atoms with Crippen molar-refractivity contribution in [3.63, 3.8) is 0 Å². The summed E-state index contributed by atoms with van der Waals surface area (Å²) in [5.41, 5.74) is 0.0466. The average molecular weight is 338 g/mol. The fourth-order valence-electron chi connectivity index (χ4n) is 1.74. The minimum atomic E-state index is -0.650. The number of halogens is 1. The fraction of sp³-hybridized carbons (Fsp3) is 0.154. The molecule has 0 unspecified atom stereocenters. The summed E-state index contributed by atoms with van der Waals surface area (Å²) in [7, 11) is 1.49. The van der Waals surface area contributed by atoms with Gasteiger partial charge in [-0.05, 0) is 16.0 Å². The van der Waals surface area contributed by atoms with Crippen molar-refractivity contribution in [2.45, 2.75) is 6.92 Å². The summed E-state index contributed by atoms with van der Waals surface area (Å²) in [6.07, 6.45) is 2.59. The number of nitrogens with one attached hydrogen (secondary N) is 2. The number of ether oxygens (including phenoxy) is 1. The van der Waals surface area contributed by atoms with Crippen LogP contribution in [0.25, 0.3) is 0 Å². The Morgan fingerprint density at radius 3 is 2.78 bits per heavy atom. The van der Waals surface area contributed by atoms with Crippen molar-refractivity contribution < 1.29 is 14.5 Å². The minimum absolute atomic E-state index is 0.0205. The van der Waals surface area contributed by atoms with E-state index in [4.69, 9.17) is 16.3 Å². The maximum Gasteiger partial charge on any atom is 0.388 e. The Balaban J connectivity index is 2.34. The highest BCUT2D eigenvalue weighted by molar-refractivity contribution is 6.35. The molecular weight excluding hydrogens is 326 g/mol. The maximum atomic E-state index is 11.0. The van der Waals surface area contributed by atoms with Crippen molar-refractivity contribution in [3.05, 3.63) is 39.7 Å². The third-order valence-corrected chi connectivity index (χ3v) is 3.03. The number of rotatable bonds is 5. The zero-order chi connectivity index (χ0) is 17.0. The summed E-state index contributed by atoms with van der Waals surface area (Å²) in [6.45, 7) is 1.35. The van der Waals surface area contributed by atoms with Gasteiger partial charge in [-0.2, -0.15) is 0 Å². The van der Waals surface area contributed by atoms with E-state index >= 15 is 0 Å². The van der Waals surface area contributed by atoms with Crippen molar-refractivity contribution in [3.8, 4) is 11.5 Å². The first-order valence-electron chi connectivity index (χ1n) is 6.34. The van der Waals surface area contributed by atoms with Gasteiger partial charge < -0.3 is 25.5 Å². The van der Waals surface area contributed by atoms with Crippen LogP contribution >= 0.6 is 11.6 Å². The summed E-state index contributed by atoms with van der Waals surface area (Å²) in [6, 6.07) is 3.03. The normalized spacial score (nSPS) is 10.0. The van der Waals surface area contributed by atoms with Crippen LogP contribution in [0, 0.1) is 10.1 Å². The van der Waals surface area contributed by atoms with E-state index in [9.17, 15) is 14.9 Å². The lowest BCUT2D eigenvalue weighted by atomic mass is 10.3. The molecule has 0 aromatic carbocycles. The number of amides is 1. The van der Waals surface area contributed by atoms with Crippen LogP contribution in [0.4, 0.5) is 17.3 Å². The first-order valence-corrected chi connectivity index (χ1v) is 6.72. The van der Waals surface area contributed by atoms with Gasteiger partial charge in [-0.25, -0.2) is 4.98 Å². The van der Waals surface area contributed by atoms with Crippen LogP contribution < -0.4 is 15.4 Å². The van der Waals surface area contributed by atoms with E-state index in [1.807, 2.05) is 0 Å². The molecule has 0 aliphatic rings. The number of hydrogen-bond acceptors (Lipinski definition) is 7. The van der Waals surface area contributed by atoms with Gasteiger partial charge in [0.05, 0.1) is 0 Å². The molecule has 0 radical (unpaired) electrons. The smallest absolute Gasteiger partial charge is 0.388 e. The highest BCUT2D eigenvalue weighted by Gasteiger charge is 2.22. The summed E-state index contributed by atoms with van der Waals surface area (Å²) in [5, 5.41) is 16.1. The fourth-order valence-corrected chi connectivity index (χ4v) is 2.01. The summed E-state index contributed by atoms with van der Waals surface area (Å²) >= 11 is 6.11. The van der Waals surface area contributed by atoms with Gasteiger partial charge in [-0.1, -0.05) is 11.6 Å². The number of pyridine rings is 2. The molecule has 2 N–H and O–H groups in total. The predicted octanol–water partition coefficient (Wildman–Crippen LogP) is 2.83. The first-order chi connectivity index (χ1) is 10.9. The Morgan fingerprint density at radius 2 is 2.17 bits per heavy atom. The highest BCUT2D eigenvalue weighted by atomic mass is 35.5. The van der Waals surface area contributed by atoms with E-state index < -0.39 is 10.7 Å². The molecule has 2 rings (SSSR count). The predicted molar refractivity (Wildman–Crippen MR) is 84.1 cm³/mol. The molecule has 1 amide bonds. The molecule has 0 aliphatic heterocycles. The van der Waals surface area contributed by atoms with Crippen molar-refractivity contribution in [1.82, 2.24) is 9.97 Å². The van der Waals surface area contributed by atoms with Crippen LogP contribution in [0.3, 0.4) is 0 Å². The van der Waals surface area contributed by atoms with Crippen LogP contribution in [-0.4, -0.2) is 27.8 Å². The molecule has 10 heteroatoms. The molecule has 0 saturated heterocycles. The number of carbonyl (C=O) groups excluding carboxylic acids is 1.